The summed E-state index contributed by atoms with van der Waals surface area (Å²) in [4.78, 5) is 41.2. The van der Waals surface area contributed by atoms with E-state index in [4.69, 9.17) is 11.6 Å². The highest BCUT2D eigenvalue weighted by atomic mass is 35.5. The summed E-state index contributed by atoms with van der Waals surface area (Å²) in [6, 6.07) is 5.39. The molecule has 0 unspecified atom stereocenters. The Bertz CT molecular complexity index is 2850. The van der Waals surface area contributed by atoms with Crippen LogP contribution in [0.4, 0.5) is 40.9 Å². The molecule has 3 atom stereocenters. The van der Waals surface area contributed by atoms with Gasteiger partial charge in [-0.3, -0.25) is 28.2 Å². The number of fused-ring (bicyclic) bond motifs is 4. The maximum atomic E-state index is 15.4. The summed E-state index contributed by atoms with van der Waals surface area (Å²) >= 11 is 6.49. The van der Waals surface area contributed by atoms with E-state index in [2.05, 4.69) is 35.2 Å². The van der Waals surface area contributed by atoms with Crippen LogP contribution in [0, 0.1) is 17.6 Å². The average molecular weight is 883 g/mol. The number of nitrogens with one attached hydrogen (secondary N) is 2. The first-order valence-electron chi connectivity index (χ1n) is 17.7. The van der Waals surface area contributed by atoms with Crippen LogP contribution >= 0.6 is 11.6 Å². The minimum atomic E-state index is -4.11. The molecule has 2 aliphatic rings. The number of halogens is 9. The van der Waals surface area contributed by atoms with Crippen LogP contribution in [0.2, 0.25) is 5.02 Å². The first-order chi connectivity index (χ1) is 28.3. The monoisotopic (exact) mass is 882 g/mol. The molecule has 6 aromatic rings. The maximum Gasteiger partial charge on any atom is 0.293 e. The number of amides is 1. The second-order valence-electron chi connectivity index (χ2n) is 14.1. The molecule has 0 saturated heterocycles. The van der Waals surface area contributed by atoms with E-state index in [1.165, 1.54) is 30.6 Å². The number of benzene rings is 2. The quantitative estimate of drug-likeness (QED) is 0.131. The van der Waals surface area contributed by atoms with Crippen molar-refractivity contribution in [1.82, 2.24) is 44.4 Å². The molecular formula is C36H27ClF8N10O4S. The van der Waals surface area contributed by atoms with E-state index < -0.39 is 112 Å². The van der Waals surface area contributed by atoms with E-state index in [9.17, 15) is 44.3 Å². The van der Waals surface area contributed by atoms with Crippen molar-refractivity contribution in [2.24, 2.45) is 5.92 Å². The molecule has 2 N–H and O–H groups in total. The molecule has 1 saturated carbocycles. The zero-order valence-corrected chi connectivity index (χ0v) is 32.0. The number of nitrogens with zero attached hydrogens (tertiary/aromatic N) is 8. The lowest BCUT2D eigenvalue weighted by molar-refractivity contribution is -0.123. The number of carbonyl (C=O) groups is 1. The second-order valence-corrected chi connectivity index (χ2v) is 16.3. The first kappa shape index (κ1) is 40.8. The van der Waals surface area contributed by atoms with Crippen molar-refractivity contribution in [1.29, 1.82) is 0 Å². The highest BCUT2D eigenvalue weighted by Gasteiger charge is 2.67. The van der Waals surface area contributed by atoms with Crippen molar-refractivity contribution in [2.75, 3.05) is 11.0 Å². The Morgan fingerprint density at radius 3 is 2.37 bits per heavy atom. The average Bonchev–Trinajstić information content (AvgIpc) is 3.68. The van der Waals surface area contributed by atoms with Crippen molar-refractivity contribution >= 4 is 44.3 Å². The number of rotatable bonds is 13. The highest BCUT2D eigenvalue weighted by molar-refractivity contribution is 7.92. The molecule has 14 nitrogen and oxygen atoms in total. The minimum absolute atomic E-state index is 0.0471. The van der Waals surface area contributed by atoms with Gasteiger partial charge in [-0.1, -0.05) is 11.6 Å². The molecule has 8 rings (SSSR count). The van der Waals surface area contributed by atoms with Crippen LogP contribution in [0.15, 0.2) is 59.7 Å². The molecule has 24 heteroatoms. The van der Waals surface area contributed by atoms with E-state index in [1.54, 1.807) is 0 Å². The lowest BCUT2D eigenvalue weighted by atomic mass is 10.0. The molecule has 1 amide bonds. The zero-order valence-electron chi connectivity index (χ0n) is 30.4. The molecular weight excluding hydrogens is 856 g/mol. The molecule has 4 heterocycles. The lowest BCUT2D eigenvalue weighted by Gasteiger charge is -2.24. The Labute approximate surface area is 337 Å². The fraction of sp³-hybridized carbons (Fsp3) is 0.306. The predicted octanol–water partition coefficient (Wildman–Crippen LogP) is 6.05. The largest absolute Gasteiger partial charge is 0.344 e. The molecule has 0 aliphatic heterocycles. The van der Waals surface area contributed by atoms with E-state index in [-0.39, 0.29) is 50.7 Å². The van der Waals surface area contributed by atoms with Crippen molar-refractivity contribution < 1.29 is 48.3 Å². The maximum absolute atomic E-state index is 15.4. The van der Waals surface area contributed by atoms with Crippen LogP contribution in [-0.4, -0.2) is 66.1 Å². The summed E-state index contributed by atoms with van der Waals surface area (Å²) in [5.74, 6) is -10.1. The summed E-state index contributed by atoms with van der Waals surface area (Å²) < 4.78 is 145. The fourth-order valence-corrected chi connectivity index (χ4v) is 8.34. The standard InChI is InChI=1S/C36H27ClF8N10O4S/c1-60(58,59)52-34-28-20(37)3-4-23(30(28)53(51-34)13-24(40)41)55-26(57)12-21(33-46-5-2-6-47-33)49-35(55)22(9-15-7-16(38)10-17(39)8-15)48-25(56)14-54-31-27(29(50-54)32(42)43)18-11-19(18)36(31,44)45/h2-8,10,12,18-19,22,24,32H,9,11,13-14H2,1H3,(H,48,56)(H,51,52)/t18-,19+,22-/m0/s1. The molecule has 2 aliphatic carbocycles. The van der Waals surface area contributed by atoms with Crippen LogP contribution < -0.4 is 15.6 Å². The van der Waals surface area contributed by atoms with Crippen molar-refractivity contribution in [3.63, 3.8) is 0 Å². The van der Waals surface area contributed by atoms with E-state index in [1.807, 2.05) is 0 Å². The topological polar surface area (TPSA) is 172 Å². The SMILES string of the molecule is CS(=O)(=O)Nc1nn(CC(F)F)c2c(-n3c([C@H](Cc4cc(F)cc(F)c4)NC(=O)Cn4nc(C(F)F)c5c4C(F)(F)[C@@H]4C[C@H]54)nc(-c4ncccn4)cc3=O)ccc(Cl)c12. The van der Waals surface area contributed by atoms with Gasteiger partial charge in [0.05, 0.1) is 33.9 Å². The highest BCUT2D eigenvalue weighted by Crippen LogP contribution is 2.68. The summed E-state index contributed by atoms with van der Waals surface area (Å²) in [6.45, 7) is -2.23. The summed E-state index contributed by atoms with van der Waals surface area (Å²) in [5.41, 5.74) is -4.12. The Balaban J connectivity index is 1.34. The van der Waals surface area contributed by atoms with Gasteiger partial charge < -0.3 is 5.32 Å². The first-order valence-corrected chi connectivity index (χ1v) is 20.0. The molecule has 0 spiro atoms. The third-order valence-electron chi connectivity index (χ3n) is 9.86. The van der Waals surface area contributed by atoms with Gasteiger partial charge in [-0.25, -0.2) is 49.7 Å². The van der Waals surface area contributed by atoms with Gasteiger partial charge in [0.15, 0.2) is 11.6 Å². The molecule has 4 aromatic heterocycles. The van der Waals surface area contributed by atoms with E-state index >= 15 is 8.78 Å². The number of alkyl halides is 6. The smallest absolute Gasteiger partial charge is 0.293 e. The molecule has 60 heavy (non-hydrogen) atoms. The Morgan fingerprint density at radius 1 is 1.02 bits per heavy atom. The van der Waals surface area contributed by atoms with Crippen LogP contribution in [0.25, 0.3) is 28.1 Å². The van der Waals surface area contributed by atoms with Gasteiger partial charge >= 0.3 is 0 Å². The molecule has 314 valence electrons. The van der Waals surface area contributed by atoms with Crippen molar-refractivity contribution in [2.45, 2.75) is 56.7 Å². The molecule has 1 fully saturated rings. The summed E-state index contributed by atoms with van der Waals surface area (Å²) in [5, 5.41) is 9.73. The van der Waals surface area contributed by atoms with Crippen LogP contribution in [0.5, 0.6) is 0 Å². The van der Waals surface area contributed by atoms with Crippen LogP contribution in [0.3, 0.4) is 0 Å². The Hall–Kier alpha value is -5.97. The van der Waals surface area contributed by atoms with Crippen LogP contribution in [-0.2, 0) is 40.3 Å². The van der Waals surface area contributed by atoms with E-state index in [0.717, 1.165) is 29.0 Å². The molecule has 2 aromatic carbocycles. The predicted molar refractivity (Wildman–Crippen MR) is 197 cm³/mol. The van der Waals surface area contributed by atoms with E-state index in [0.29, 0.717) is 15.4 Å². The number of hydrogen-bond donors (Lipinski definition) is 2. The Morgan fingerprint density at radius 2 is 1.72 bits per heavy atom. The number of aromatic nitrogens is 8. The lowest BCUT2D eigenvalue weighted by Crippen LogP contribution is -2.38. The summed E-state index contributed by atoms with van der Waals surface area (Å²) in [7, 11) is -4.11. The normalized spacial score (nSPS) is 17.3. The zero-order chi connectivity index (χ0) is 43.0. The van der Waals surface area contributed by atoms with Gasteiger partial charge in [-0.05, 0) is 48.2 Å². The number of sulfonamides is 1. The van der Waals surface area contributed by atoms with Crippen molar-refractivity contribution in [3.05, 3.63) is 110 Å². The van der Waals surface area contributed by atoms with Gasteiger partial charge in [0.1, 0.15) is 47.6 Å². The van der Waals surface area contributed by atoms with Gasteiger partial charge in [0.25, 0.3) is 24.3 Å². The summed E-state index contributed by atoms with van der Waals surface area (Å²) in [6.07, 6.45) is -3.62. The molecule has 0 radical (unpaired) electrons. The van der Waals surface area contributed by atoms with Crippen molar-refractivity contribution in [3.8, 4) is 17.2 Å². The van der Waals surface area contributed by atoms with Gasteiger partial charge in [-0.15, -0.1) is 0 Å². The fourth-order valence-electron chi connectivity index (χ4n) is 7.60. The van der Waals surface area contributed by atoms with Gasteiger partial charge in [0.2, 0.25) is 15.9 Å². The third-order valence-corrected chi connectivity index (χ3v) is 10.7. The number of carbonyl (C=O) groups excluding carboxylic acids is 1. The Kier molecular flexibility index (Phi) is 10.2. The third kappa shape index (κ3) is 7.54. The van der Waals surface area contributed by atoms with Gasteiger partial charge in [0, 0.05) is 42.4 Å². The minimum Gasteiger partial charge on any atom is -0.344 e. The number of hydrogen-bond acceptors (Lipinski definition) is 9. The second kappa shape index (κ2) is 14.9. The number of anilines is 1. The molecule has 0 bridgehead atoms. The van der Waals surface area contributed by atoms with Crippen LogP contribution in [0.1, 0.15) is 53.1 Å². The van der Waals surface area contributed by atoms with Gasteiger partial charge in [-0.2, -0.15) is 19.0 Å².